The van der Waals surface area contributed by atoms with Crippen molar-refractivity contribution in [2.75, 3.05) is 0 Å². The van der Waals surface area contributed by atoms with Crippen molar-refractivity contribution in [1.29, 1.82) is 0 Å². The molecule has 1 amide bonds. The lowest BCUT2D eigenvalue weighted by Gasteiger charge is -2.18. The number of halogens is 3. The van der Waals surface area contributed by atoms with Gasteiger partial charge in [-0.25, -0.2) is 9.97 Å². The number of hydrogen-bond acceptors (Lipinski definition) is 4. The van der Waals surface area contributed by atoms with Gasteiger partial charge in [0.15, 0.2) is 12.0 Å². The van der Waals surface area contributed by atoms with E-state index in [0.717, 1.165) is 0 Å². The minimum atomic E-state index is -0.694. The third-order valence-corrected chi connectivity index (χ3v) is 3.55. The quantitative estimate of drug-likeness (QED) is 0.636. The first-order valence-electron chi connectivity index (χ1n) is 6.45. The summed E-state index contributed by atoms with van der Waals surface area (Å²) in [7, 11) is 0. The van der Waals surface area contributed by atoms with Crippen LogP contribution in [0.4, 0.5) is 0 Å². The van der Waals surface area contributed by atoms with E-state index in [4.69, 9.17) is 39.5 Å². The topological polar surface area (TPSA) is 64.1 Å². The first kappa shape index (κ1) is 17.5. The van der Waals surface area contributed by atoms with Crippen LogP contribution in [0, 0.1) is 0 Å². The van der Waals surface area contributed by atoms with Gasteiger partial charge >= 0.3 is 0 Å². The minimum absolute atomic E-state index is 0.217. The van der Waals surface area contributed by atoms with E-state index in [1.807, 2.05) is 0 Å². The molecule has 8 heteroatoms. The molecule has 1 aromatic carbocycles. The maximum Gasteiger partial charge on any atom is 0.254 e. The molecule has 0 saturated carbocycles. The molecule has 0 radical (unpaired) electrons. The van der Waals surface area contributed by atoms with Crippen molar-refractivity contribution in [2.24, 2.45) is 0 Å². The Morgan fingerprint density at radius 3 is 2.35 bits per heavy atom. The standard InChI is InChI=1S/C15H12Cl3N3O2/c1-8(10-5-19-7-20-6-10)15(22)21-9(2)23-14-12(17)3-11(16)4-13(14)18/h3-7,9H,1H2,2H3,(H,21,22). The fourth-order valence-corrected chi connectivity index (χ4v) is 2.61. The first-order valence-corrected chi connectivity index (χ1v) is 7.58. The van der Waals surface area contributed by atoms with Crippen LogP contribution in [-0.4, -0.2) is 22.1 Å². The highest BCUT2D eigenvalue weighted by Gasteiger charge is 2.17. The van der Waals surface area contributed by atoms with Crippen molar-refractivity contribution in [3.05, 3.63) is 58.1 Å². The van der Waals surface area contributed by atoms with Crippen LogP contribution in [0.15, 0.2) is 37.4 Å². The smallest absolute Gasteiger partial charge is 0.254 e. The van der Waals surface area contributed by atoms with E-state index in [1.165, 1.54) is 30.9 Å². The summed E-state index contributed by atoms with van der Waals surface area (Å²) in [5.74, 6) is -0.187. The molecular formula is C15H12Cl3N3O2. The molecule has 2 aromatic rings. The SMILES string of the molecule is C=C(C(=O)NC(C)Oc1c(Cl)cc(Cl)cc1Cl)c1cncnc1. The van der Waals surface area contributed by atoms with Crippen LogP contribution < -0.4 is 10.1 Å². The largest absolute Gasteiger partial charge is 0.468 e. The second-order valence-electron chi connectivity index (χ2n) is 4.54. The predicted octanol–water partition coefficient (Wildman–Crippen LogP) is 3.99. The van der Waals surface area contributed by atoms with E-state index in [-0.39, 0.29) is 21.4 Å². The number of nitrogens with zero attached hydrogens (tertiary/aromatic N) is 2. The van der Waals surface area contributed by atoms with Crippen LogP contribution in [0.5, 0.6) is 5.75 Å². The molecule has 0 spiro atoms. The van der Waals surface area contributed by atoms with Crippen molar-refractivity contribution in [3.63, 3.8) is 0 Å². The first-order chi connectivity index (χ1) is 10.9. The van der Waals surface area contributed by atoms with Gasteiger partial charge in [-0.2, -0.15) is 0 Å². The number of nitrogens with one attached hydrogen (secondary N) is 1. The Hall–Kier alpha value is -1.82. The summed E-state index contributed by atoms with van der Waals surface area (Å²) in [5.41, 5.74) is 0.731. The van der Waals surface area contributed by atoms with Crippen LogP contribution in [0.3, 0.4) is 0 Å². The Kier molecular flexibility index (Phi) is 5.82. The van der Waals surface area contributed by atoms with Crippen LogP contribution >= 0.6 is 34.8 Å². The van der Waals surface area contributed by atoms with Gasteiger partial charge in [0.1, 0.15) is 6.33 Å². The minimum Gasteiger partial charge on any atom is -0.468 e. The zero-order valence-electron chi connectivity index (χ0n) is 12.0. The van der Waals surface area contributed by atoms with Crippen molar-refractivity contribution >= 4 is 46.3 Å². The van der Waals surface area contributed by atoms with Crippen LogP contribution in [-0.2, 0) is 4.79 Å². The van der Waals surface area contributed by atoms with E-state index in [2.05, 4.69) is 21.9 Å². The van der Waals surface area contributed by atoms with Gasteiger partial charge in [-0.05, 0) is 19.1 Å². The molecule has 5 nitrogen and oxygen atoms in total. The zero-order valence-corrected chi connectivity index (χ0v) is 14.3. The molecule has 23 heavy (non-hydrogen) atoms. The average molecular weight is 373 g/mol. The summed E-state index contributed by atoms with van der Waals surface area (Å²) in [6.07, 6.45) is 3.66. The Labute approximate surface area is 148 Å². The van der Waals surface area contributed by atoms with Crippen LogP contribution in [0.25, 0.3) is 5.57 Å². The van der Waals surface area contributed by atoms with E-state index in [0.29, 0.717) is 10.6 Å². The normalized spacial score (nSPS) is 11.7. The zero-order chi connectivity index (χ0) is 17.0. The molecule has 2 rings (SSSR count). The fraction of sp³-hybridized carbons (Fsp3) is 0.133. The molecule has 1 aromatic heterocycles. The molecule has 1 unspecified atom stereocenters. The highest BCUT2D eigenvalue weighted by Crippen LogP contribution is 2.36. The van der Waals surface area contributed by atoms with Gasteiger partial charge in [0.25, 0.3) is 5.91 Å². The monoisotopic (exact) mass is 371 g/mol. The van der Waals surface area contributed by atoms with E-state index >= 15 is 0 Å². The molecule has 0 saturated heterocycles. The van der Waals surface area contributed by atoms with Crippen molar-refractivity contribution < 1.29 is 9.53 Å². The second kappa shape index (κ2) is 7.64. The fourth-order valence-electron chi connectivity index (χ4n) is 1.71. The Balaban J connectivity index is 2.04. The lowest BCUT2D eigenvalue weighted by atomic mass is 10.1. The number of rotatable bonds is 5. The Morgan fingerprint density at radius 2 is 1.78 bits per heavy atom. The molecule has 0 aliphatic carbocycles. The van der Waals surface area contributed by atoms with Gasteiger partial charge < -0.3 is 10.1 Å². The molecule has 120 valence electrons. The molecule has 1 heterocycles. The third kappa shape index (κ3) is 4.58. The van der Waals surface area contributed by atoms with Gasteiger partial charge in [-0.15, -0.1) is 0 Å². The molecule has 0 aliphatic rings. The second-order valence-corrected chi connectivity index (χ2v) is 5.79. The predicted molar refractivity (Wildman–Crippen MR) is 90.8 cm³/mol. The molecule has 1 N–H and O–H groups in total. The van der Waals surface area contributed by atoms with Crippen LogP contribution in [0.2, 0.25) is 15.1 Å². The van der Waals surface area contributed by atoms with Gasteiger partial charge in [-0.1, -0.05) is 41.4 Å². The number of aromatic nitrogens is 2. The van der Waals surface area contributed by atoms with E-state index in [1.54, 1.807) is 6.92 Å². The summed E-state index contributed by atoms with van der Waals surface area (Å²) < 4.78 is 5.56. The summed E-state index contributed by atoms with van der Waals surface area (Å²) in [6.45, 7) is 5.35. The number of carbonyl (C=O) groups is 1. The van der Waals surface area contributed by atoms with Crippen molar-refractivity contribution in [1.82, 2.24) is 15.3 Å². The highest BCUT2D eigenvalue weighted by atomic mass is 35.5. The maximum atomic E-state index is 12.1. The molecule has 0 bridgehead atoms. The number of hydrogen-bond donors (Lipinski definition) is 1. The number of amides is 1. The molecular weight excluding hydrogens is 361 g/mol. The number of carbonyl (C=O) groups excluding carboxylic acids is 1. The number of ether oxygens (including phenoxy) is 1. The third-order valence-electron chi connectivity index (χ3n) is 2.78. The summed E-state index contributed by atoms with van der Waals surface area (Å²) in [5, 5.41) is 3.52. The lowest BCUT2D eigenvalue weighted by Crippen LogP contribution is -2.37. The summed E-state index contributed by atoms with van der Waals surface area (Å²) >= 11 is 17.9. The lowest BCUT2D eigenvalue weighted by molar-refractivity contribution is -0.117. The highest BCUT2D eigenvalue weighted by molar-refractivity contribution is 6.40. The van der Waals surface area contributed by atoms with Crippen LogP contribution in [0.1, 0.15) is 12.5 Å². The molecule has 0 fully saturated rings. The maximum absolute atomic E-state index is 12.1. The van der Waals surface area contributed by atoms with Gasteiger partial charge in [0.2, 0.25) is 0 Å². The van der Waals surface area contributed by atoms with E-state index in [9.17, 15) is 4.79 Å². The van der Waals surface area contributed by atoms with Crippen molar-refractivity contribution in [2.45, 2.75) is 13.2 Å². The van der Waals surface area contributed by atoms with Crippen molar-refractivity contribution in [3.8, 4) is 5.75 Å². The molecule has 0 aliphatic heterocycles. The summed E-state index contributed by atoms with van der Waals surface area (Å²) in [6, 6.07) is 3.00. The van der Waals surface area contributed by atoms with Gasteiger partial charge in [0.05, 0.1) is 10.0 Å². The van der Waals surface area contributed by atoms with E-state index < -0.39 is 12.1 Å². The Bertz CT molecular complexity index is 715. The molecule has 1 atom stereocenters. The summed E-state index contributed by atoms with van der Waals surface area (Å²) in [4.78, 5) is 19.8. The number of benzene rings is 1. The average Bonchev–Trinajstić information content (AvgIpc) is 2.51. The van der Waals surface area contributed by atoms with Gasteiger partial charge in [-0.3, -0.25) is 4.79 Å². The Morgan fingerprint density at radius 1 is 1.22 bits per heavy atom. The van der Waals surface area contributed by atoms with Gasteiger partial charge in [0, 0.05) is 28.6 Å².